The summed E-state index contributed by atoms with van der Waals surface area (Å²) in [6, 6.07) is 45.9. The molecule has 0 fully saturated rings. The summed E-state index contributed by atoms with van der Waals surface area (Å²) in [5.74, 6) is 1.77. The smallest absolute Gasteiger partial charge is 0.182 e. The second kappa shape index (κ2) is 13.4. The highest BCUT2D eigenvalue weighted by atomic mass is 16.5. The zero-order chi connectivity index (χ0) is 28.4. The molecule has 0 unspecified atom stereocenters. The lowest BCUT2D eigenvalue weighted by molar-refractivity contribution is -0.697. The molecule has 0 aliphatic rings. The van der Waals surface area contributed by atoms with Gasteiger partial charge in [-0.25, -0.2) is 9.13 Å². The van der Waals surface area contributed by atoms with Crippen molar-refractivity contribution in [1.29, 1.82) is 0 Å². The normalized spacial score (nSPS) is 10.8. The van der Waals surface area contributed by atoms with Crippen LogP contribution in [0.4, 0.5) is 0 Å². The fraction of sp³-hybridized carbons (Fsp3) is 0.105. The molecule has 0 aliphatic carbocycles. The average molecular weight is 551 g/mol. The molecule has 4 aromatic carbocycles. The molecule has 0 saturated heterocycles. The van der Waals surface area contributed by atoms with Crippen LogP contribution in [-0.4, -0.2) is 13.2 Å². The molecule has 6 rings (SSSR count). The summed E-state index contributed by atoms with van der Waals surface area (Å²) in [6.07, 6.45) is 8.43. The number of hydrogen-bond donors (Lipinski definition) is 0. The second-order valence-electron chi connectivity index (χ2n) is 10.1. The van der Waals surface area contributed by atoms with Gasteiger partial charge in [0.15, 0.2) is 37.9 Å². The molecule has 0 amide bonds. The molecule has 0 aliphatic heterocycles. The molecule has 206 valence electrons. The van der Waals surface area contributed by atoms with Gasteiger partial charge in [0.05, 0.1) is 0 Å². The van der Waals surface area contributed by atoms with E-state index in [2.05, 4.69) is 131 Å². The molecule has 0 saturated carbocycles. The van der Waals surface area contributed by atoms with Crippen LogP contribution in [-0.2, 0) is 13.1 Å². The Morgan fingerprint density at radius 2 is 0.643 bits per heavy atom. The van der Waals surface area contributed by atoms with Crippen molar-refractivity contribution in [2.45, 2.75) is 13.1 Å². The van der Waals surface area contributed by atoms with E-state index in [4.69, 9.17) is 9.47 Å². The average Bonchev–Trinajstić information content (AvgIpc) is 3.07. The molecular formula is C38H34N2O2+2. The quantitative estimate of drug-likeness (QED) is 0.157. The van der Waals surface area contributed by atoms with Crippen LogP contribution in [0.5, 0.6) is 11.5 Å². The Labute approximate surface area is 247 Å². The van der Waals surface area contributed by atoms with Gasteiger partial charge in [-0.15, -0.1) is 0 Å². The molecule has 4 heteroatoms. The zero-order valence-corrected chi connectivity index (χ0v) is 23.6. The maximum atomic E-state index is 5.98. The van der Waals surface area contributed by atoms with Gasteiger partial charge in [0.25, 0.3) is 0 Å². The van der Waals surface area contributed by atoms with Gasteiger partial charge < -0.3 is 9.47 Å². The number of hydrogen-bond acceptors (Lipinski definition) is 2. The summed E-state index contributed by atoms with van der Waals surface area (Å²) in [6.45, 7) is 2.79. The number of ether oxygens (including phenoxy) is 2. The predicted octanol–water partition coefficient (Wildman–Crippen LogP) is 7.42. The van der Waals surface area contributed by atoms with E-state index in [0.717, 1.165) is 24.6 Å². The summed E-state index contributed by atoms with van der Waals surface area (Å²) in [4.78, 5) is 0. The molecule has 2 aromatic heterocycles. The molecule has 0 radical (unpaired) electrons. The minimum Gasteiger partial charge on any atom is -0.487 e. The minimum atomic E-state index is 0.610. The van der Waals surface area contributed by atoms with Crippen LogP contribution in [0, 0.1) is 0 Å². The largest absolute Gasteiger partial charge is 0.487 e. The first-order valence-corrected chi connectivity index (χ1v) is 14.4. The number of aromatic nitrogens is 2. The van der Waals surface area contributed by atoms with Crippen LogP contribution in [0.1, 0.15) is 0 Å². The summed E-state index contributed by atoms with van der Waals surface area (Å²) in [5, 5.41) is 0. The predicted molar refractivity (Wildman–Crippen MR) is 167 cm³/mol. The molecule has 6 aromatic rings. The monoisotopic (exact) mass is 550 g/mol. The zero-order valence-electron chi connectivity index (χ0n) is 23.6. The molecule has 42 heavy (non-hydrogen) atoms. The van der Waals surface area contributed by atoms with E-state index in [-0.39, 0.29) is 0 Å². The first-order valence-electron chi connectivity index (χ1n) is 14.4. The summed E-state index contributed by atoms with van der Waals surface area (Å²) >= 11 is 0. The number of benzene rings is 4. The van der Waals surface area contributed by atoms with Gasteiger partial charge in [0, 0.05) is 24.3 Å². The molecule has 0 atom stereocenters. The van der Waals surface area contributed by atoms with E-state index < -0.39 is 0 Å². The number of rotatable bonds is 11. The van der Waals surface area contributed by atoms with Gasteiger partial charge in [-0.3, -0.25) is 0 Å². The topological polar surface area (TPSA) is 26.2 Å². The lowest BCUT2D eigenvalue weighted by Gasteiger charge is -2.07. The van der Waals surface area contributed by atoms with Gasteiger partial charge in [-0.2, -0.15) is 0 Å². The van der Waals surface area contributed by atoms with Crippen molar-refractivity contribution in [3.63, 3.8) is 0 Å². The lowest BCUT2D eigenvalue weighted by Crippen LogP contribution is -2.36. The van der Waals surface area contributed by atoms with E-state index in [1.54, 1.807) is 0 Å². The SMILES string of the molecule is c1ccc(-c2ccc(OCC[n+]3ccc(-c4cc[n+](CCOc5ccc(-c6ccccc6)cc5)cc4)cc3)cc2)cc1. The molecule has 0 bridgehead atoms. The van der Waals surface area contributed by atoms with E-state index >= 15 is 0 Å². The molecule has 0 spiro atoms. The van der Waals surface area contributed by atoms with Crippen LogP contribution in [0.15, 0.2) is 158 Å². The molecule has 0 N–H and O–H groups in total. The highest BCUT2D eigenvalue weighted by Gasteiger charge is 2.07. The van der Waals surface area contributed by atoms with E-state index in [1.165, 1.54) is 33.4 Å². The lowest BCUT2D eigenvalue weighted by atomic mass is 10.1. The fourth-order valence-electron chi connectivity index (χ4n) is 4.88. The van der Waals surface area contributed by atoms with Gasteiger partial charge in [-0.1, -0.05) is 84.9 Å². The molecule has 2 heterocycles. The van der Waals surface area contributed by atoms with E-state index in [9.17, 15) is 0 Å². The Bertz CT molecular complexity index is 1540. The maximum Gasteiger partial charge on any atom is 0.182 e. The third kappa shape index (κ3) is 7.10. The van der Waals surface area contributed by atoms with Crippen molar-refractivity contribution in [3.8, 4) is 44.9 Å². The van der Waals surface area contributed by atoms with Crippen LogP contribution in [0.2, 0.25) is 0 Å². The first kappa shape index (κ1) is 27.0. The Kier molecular flexibility index (Phi) is 8.62. The summed E-state index contributed by atoms with van der Waals surface area (Å²) in [5.41, 5.74) is 7.18. The van der Waals surface area contributed by atoms with Crippen molar-refractivity contribution in [2.24, 2.45) is 0 Å². The van der Waals surface area contributed by atoms with E-state index in [0.29, 0.717) is 13.2 Å². The van der Waals surface area contributed by atoms with Crippen molar-refractivity contribution in [3.05, 3.63) is 158 Å². The fourth-order valence-corrected chi connectivity index (χ4v) is 4.88. The van der Waals surface area contributed by atoms with Crippen molar-refractivity contribution in [2.75, 3.05) is 13.2 Å². The summed E-state index contributed by atoms with van der Waals surface area (Å²) in [7, 11) is 0. The molecular weight excluding hydrogens is 516 g/mol. The Balaban J connectivity index is 0.948. The standard InChI is InChI=1S/C38H34N2O2/c1-3-7-31(8-4-1)33-11-15-37(16-12-33)41-29-27-39-23-19-35(20-24-39)36-21-25-40(26-22-36)28-30-42-38-17-13-34(14-18-38)32-9-5-2-6-10-32/h1-26H,27-30H2/q+2. The minimum absolute atomic E-state index is 0.610. The van der Waals surface area contributed by atoms with Gasteiger partial charge in [-0.05, 0) is 57.6 Å². The highest BCUT2D eigenvalue weighted by molar-refractivity contribution is 5.65. The third-order valence-electron chi connectivity index (χ3n) is 7.27. The first-order chi connectivity index (χ1) is 20.8. The second-order valence-corrected chi connectivity index (χ2v) is 10.1. The van der Waals surface area contributed by atoms with Gasteiger partial charge >= 0.3 is 0 Å². The van der Waals surface area contributed by atoms with Crippen molar-refractivity contribution in [1.82, 2.24) is 0 Å². The van der Waals surface area contributed by atoms with Gasteiger partial charge in [0.1, 0.15) is 24.7 Å². The highest BCUT2D eigenvalue weighted by Crippen LogP contribution is 2.23. The van der Waals surface area contributed by atoms with Crippen LogP contribution < -0.4 is 18.6 Å². The number of pyridine rings is 2. The van der Waals surface area contributed by atoms with Gasteiger partial charge in [0.2, 0.25) is 0 Å². The summed E-state index contributed by atoms with van der Waals surface area (Å²) < 4.78 is 16.3. The Hall–Kier alpha value is -5.22. The number of nitrogens with zero attached hydrogens (tertiary/aromatic N) is 2. The van der Waals surface area contributed by atoms with Crippen LogP contribution >= 0.6 is 0 Å². The van der Waals surface area contributed by atoms with Crippen molar-refractivity contribution >= 4 is 0 Å². The maximum absolute atomic E-state index is 5.98. The van der Waals surface area contributed by atoms with Crippen LogP contribution in [0.3, 0.4) is 0 Å². The van der Waals surface area contributed by atoms with E-state index in [1.807, 2.05) is 36.4 Å². The Morgan fingerprint density at radius 1 is 0.333 bits per heavy atom. The van der Waals surface area contributed by atoms with Crippen LogP contribution in [0.25, 0.3) is 33.4 Å². The van der Waals surface area contributed by atoms with Crippen molar-refractivity contribution < 1.29 is 18.6 Å². The molecule has 4 nitrogen and oxygen atoms in total. The Morgan fingerprint density at radius 3 is 1.00 bits per heavy atom. The third-order valence-corrected chi connectivity index (χ3v) is 7.27.